The number of carbonyl (C=O) groups is 2. The largest absolute Gasteiger partial charge is 0.478 e. The van der Waals surface area contributed by atoms with Crippen LogP contribution in [0, 0.1) is 0 Å². The van der Waals surface area contributed by atoms with E-state index in [0.717, 1.165) is 81.7 Å². The first-order valence-corrected chi connectivity index (χ1v) is 15.9. The minimum atomic E-state index is -0.985. The van der Waals surface area contributed by atoms with Crippen LogP contribution in [-0.2, 0) is 24.4 Å². The molecule has 0 unspecified atom stereocenters. The molecule has 9 nitrogen and oxygen atoms in total. The Kier molecular flexibility index (Phi) is 7.11. The Morgan fingerprint density at radius 2 is 1.86 bits per heavy atom. The molecule has 7 rings (SSSR count). The smallest absolute Gasteiger partial charge is 0.328 e. The zero-order chi connectivity index (χ0) is 30.6. The molecule has 3 heterocycles. The van der Waals surface area contributed by atoms with Gasteiger partial charge < -0.3 is 15.0 Å². The molecular weight excluding hydrogens is 620 g/mol. The Bertz CT molecular complexity index is 1960. The SMILES string of the molecule is Cn1c(-c2ncc(Br)cn2)c(C2CCCC2)c2ccc(C(=O)NC3(c4[nH]c5ccc(C=CC(=O)O)cc5[n+]4C)CCC3)cc21. The van der Waals surface area contributed by atoms with Crippen molar-refractivity contribution in [1.29, 1.82) is 0 Å². The number of carboxylic acid groups (broad SMARTS) is 1. The van der Waals surface area contributed by atoms with Crippen molar-refractivity contribution in [2.45, 2.75) is 56.4 Å². The van der Waals surface area contributed by atoms with Crippen molar-refractivity contribution in [3.8, 4) is 11.5 Å². The number of aliphatic carboxylic acids is 1. The fourth-order valence-electron chi connectivity index (χ4n) is 7.16. The molecule has 0 saturated heterocycles. The number of carboxylic acids is 1. The fourth-order valence-corrected chi connectivity index (χ4v) is 7.36. The van der Waals surface area contributed by atoms with Crippen LogP contribution in [0.25, 0.3) is 39.5 Å². The highest BCUT2D eigenvalue weighted by atomic mass is 79.9. The van der Waals surface area contributed by atoms with Gasteiger partial charge in [0, 0.05) is 42.0 Å². The first kappa shape index (κ1) is 28.5. The number of nitrogens with one attached hydrogen (secondary N) is 2. The molecule has 0 bridgehead atoms. The lowest BCUT2D eigenvalue weighted by Crippen LogP contribution is -2.56. The molecule has 0 atom stereocenters. The molecule has 2 aliphatic rings. The van der Waals surface area contributed by atoms with Gasteiger partial charge in [-0.1, -0.05) is 25.0 Å². The van der Waals surface area contributed by atoms with E-state index in [4.69, 9.17) is 5.11 Å². The summed E-state index contributed by atoms with van der Waals surface area (Å²) in [7, 11) is 4.03. The lowest BCUT2D eigenvalue weighted by atomic mass is 9.75. The predicted molar refractivity (Wildman–Crippen MR) is 172 cm³/mol. The van der Waals surface area contributed by atoms with Crippen LogP contribution in [0.1, 0.15) is 78.2 Å². The van der Waals surface area contributed by atoms with Crippen LogP contribution >= 0.6 is 15.9 Å². The van der Waals surface area contributed by atoms with Crippen LogP contribution in [0.15, 0.2) is 59.3 Å². The average molecular weight is 655 g/mol. The molecular formula is C34H34BrN6O3+. The van der Waals surface area contributed by atoms with E-state index in [1.54, 1.807) is 18.5 Å². The van der Waals surface area contributed by atoms with E-state index in [9.17, 15) is 9.59 Å². The van der Waals surface area contributed by atoms with E-state index in [0.29, 0.717) is 17.3 Å². The number of rotatable bonds is 7. The summed E-state index contributed by atoms with van der Waals surface area (Å²) in [6.45, 7) is 0. The molecule has 2 saturated carbocycles. The third-order valence-electron chi connectivity index (χ3n) is 9.50. The highest BCUT2D eigenvalue weighted by Crippen LogP contribution is 2.44. The van der Waals surface area contributed by atoms with E-state index < -0.39 is 11.5 Å². The van der Waals surface area contributed by atoms with Crippen LogP contribution in [0.5, 0.6) is 0 Å². The zero-order valence-electron chi connectivity index (χ0n) is 24.7. The molecule has 10 heteroatoms. The number of halogens is 1. The van der Waals surface area contributed by atoms with Crippen LogP contribution < -0.4 is 9.88 Å². The number of aryl methyl sites for hydroxylation is 2. The number of aromatic amines is 1. The van der Waals surface area contributed by atoms with Gasteiger partial charge in [0.15, 0.2) is 16.9 Å². The topological polar surface area (TPSA) is 117 Å². The normalized spacial score (nSPS) is 16.6. The number of H-pyrrole nitrogens is 1. The van der Waals surface area contributed by atoms with Gasteiger partial charge in [0.1, 0.15) is 5.54 Å². The van der Waals surface area contributed by atoms with E-state index in [-0.39, 0.29) is 5.91 Å². The van der Waals surface area contributed by atoms with Gasteiger partial charge in [0.05, 0.1) is 17.2 Å². The molecule has 224 valence electrons. The van der Waals surface area contributed by atoms with Crippen molar-refractivity contribution in [1.82, 2.24) is 24.8 Å². The summed E-state index contributed by atoms with van der Waals surface area (Å²) in [5.41, 5.74) is 6.09. The van der Waals surface area contributed by atoms with Gasteiger partial charge in [-0.25, -0.2) is 24.3 Å². The van der Waals surface area contributed by atoms with Crippen LogP contribution in [0.2, 0.25) is 0 Å². The summed E-state index contributed by atoms with van der Waals surface area (Å²) >= 11 is 3.46. The third kappa shape index (κ3) is 4.81. The molecule has 0 radical (unpaired) electrons. The van der Waals surface area contributed by atoms with Gasteiger partial charge >= 0.3 is 5.97 Å². The number of amides is 1. The molecule has 3 aromatic heterocycles. The monoisotopic (exact) mass is 653 g/mol. The standard InChI is InChI=1S/C34H33BrN6O3/c1-40-26-17-22(10-11-24(26)29(21-6-3-4-7-21)30(40)31-36-18-23(35)19-37-31)32(44)39-34(14-5-15-34)33-38-25-12-8-20(9-13-28(42)43)16-27(25)41(33)2/h8-13,16-19,21H,3-7,14-15H2,1-2H3,(H2,39,42,43,44)/p+1. The second-order valence-corrected chi connectivity index (χ2v) is 13.0. The minimum Gasteiger partial charge on any atom is -0.478 e. The van der Waals surface area contributed by atoms with Gasteiger partial charge in [-0.3, -0.25) is 4.79 Å². The van der Waals surface area contributed by atoms with Crippen molar-refractivity contribution < 1.29 is 19.3 Å². The van der Waals surface area contributed by atoms with Gasteiger partial charge in [0.2, 0.25) is 0 Å². The Morgan fingerprint density at radius 3 is 2.55 bits per heavy atom. The van der Waals surface area contributed by atoms with Crippen molar-refractivity contribution in [2.75, 3.05) is 0 Å². The van der Waals surface area contributed by atoms with E-state index in [1.165, 1.54) is 18.4 Å². The third-order valence-corrected chi connectivity index (χ3v) is 9.91. The maximum atomic E-state index is 13.9. The van der Waals surface area contributed by atoms with Crippen LogP contribution in [0.3, 0.4) is 0 Å². The Hall–Kier alpha value is -4.31. The number of benzene rings is 2. The predicted octanol–water partition coefficient (Wildman–Crippen LogP) is 6.27. The Labute approximate surface area is 263 Å². The highest BCUT2D eigenvalue weighted by Gasteiger charge is 2.48. The zero-order valence-corrected chi connectivity index (χ0v) is 26.3. The second-order valence-electron chi connectivity index (χ2n) is 12.1. The van der Waals surface area contributed by atoms with Crippen LogP contribution in [-0.4, -0.2) is 36.5 Å². The lowest BCUT2D eigenvalue weighted by molar-refractivity contribution is -0.658. The summed E-state index contributed by atoms with van der Waals surface area (Å²) < 4.78 is 5.06. The molecule has 5 aromatic rings. The molecule has 0 spiro atoms. The van der Waals surface area contributed by atoms with Gasteiger partial charge in [-0.05, 0) is 95.4 Å². The van der Waals surface area contributed by atoms with Gasteiger partial charge in [0.25, 0.3) is 11.7 Å². The minimum absolute atomic E-state index is 0.111. The molecule has 3 N–H and O–H groups in total. The number of aromatic nitrogens is 5. The van der Waals surface area contributed by atoms with Crippen molar-refractivity contribution in [3.05, 3.63) is 81.9 Å². The number of hydrogen-bond donors (Lipinski definition) is 3. The number of carbonyl (C=O) groups excluding carboxylic acids is 1. The fraction of sp³-hybridized carbons (Fsp3) is 0.324. The highest BCUT2D eigenvalue weighted by molar-refractivity contribution is 9.10. The first-order chi connectivity index (χ1) is 21.2. The van der Waals surface area contributed by atoms with Crippen molar-refractivity contribution >= 4 is 55.8 Å². The summed E-state index contributed by atoms with van der Waals surface area (Å²) in [5, 5.41) is 13.6. The second kappa shape index (κ2) is 11.0. The maximum absolute atomic E-state index is 13.9. The molecule has 44 heavy (non-hydrogen) atoms. The number of fused-ring (bicyclic) bond motifs is 2. The summed E-state index contributed by atoms with van der Waals surface area (Å²) in [6.07, 6.45) is 13.7. The van der Waals surface area contributed by atoms with Gasteiger partial charge in [-0.15, -0.1) is 0 Å². The van der Waals surface area contributed by atoms with Crippen molar-refractivity contribution in [3.63, 3.8) is 0 Å². The molecule has 2 fully saturated rings. The number of nitrogens with zero attached hydrogens (tertiary/aromatic N) is 4. The summed E-state index contributed by atoms with van der Waals surface area (Å²) in [6, 6.07) is 11.8. The maximum Gasteiger partial charge on any atom is 0.328 e. The Balaban J connectivity index is 1.24. The lowest BCUT2D eigenvalue weighted by Gasteiger charge is -2.38. The number of hydrogen-bond acceptors (Lipinski definition) is 4. The quantitative estimate of drug-likeness (QED) is 0.141. The number of imidazole rings is 1. The van der Waals surface area contributed by atoms with Crippen molar-refractivity contribution in [2.24, 2.45) is 14.1 Å². The molecule has 2 aromatic carbocycles. The Morgan fingerprint density at radius 1 is 1.11 bits per heavy atom. The summed E-state index contributed by atoms with van der Waals surface area (Å²) in [4.78, 5) is 37.8. The molecule has 0 aliphatic heterocycles. The molecule has 1 amide bonds. The van der Waals surface area contributed by atoms with E-state index in [1.807, 2.05) is 44.4 Å². The molecule has 2 aliphatic carbocycles. The van der Waals surface area contributed by atoms with E-state index >= 15 is 0 Å². The first-order valence-electron chi connectivity index (χ1n) is 15.1. The summed E-state index contributed by atoms with van der Waals surface area (Å²) in [5.74, 6) is 0.980. The van der Waals surface area contributed by atoms with Crippen LogP contribution in [0.4, 0.5) is 0 Å². The van der Waals surface area contributed by atoms with Gasteiger partial charge in [-0.2, -0.15) is 0 Å². The van der Waals surface area contributed by atoms with E-state index in [2.05, 4.69) is 51.4 Å². The average Bonchev–Trinajstić information content (AvgIpc) is 3.71.